The van der Waals surface area contributed by atoms with Gasteiger partial charge in [0.1, 0.15) is 0 Å². The Morgan fingerprint density at radius 3 is 2.59 bits per heavy atom. The first kappa shape index (κ1) is 18.1. The van der Waals surface area contributed by atoms with Crippen LogP contribution in [0.5, 0.6) is 0 Å². The second-order valence-corrected chi connectivity index (χ2v) is 9.32. The molecule has 1 N–H and O–H groups in total. The lowest BCUT2D eigenvalue weighted by molar-refractivity contribution is 0.340. The summed E-state index contributed by atoms with van der Waals surface area (Å²) in [5.74, 6) is 0. The van der Waals surface area contributed by atoms with Crippen LogP contribution in [0.1, 0.15) is 28.4 Å². The highest BCUT2D eigenvalue weighted by molar-refractivity contribution is 7.89. The Morgan fingerprint density at radius 1 is 1.03 bits per heavy atom. The minimum Gasteiger partial charge on any atom is -0.357 e. The van der Waals surface area contributed by atoms with E-state index in [4.69, 9.17) is 0 Å². The number of hydrogen-bond acceptors (Lipinski definition) is 3. The van der Waals surface area contributed by atoms with Gasteiger partial charge in [-0.1, -0.05) is 42.0 Å². The molecule has 2 aromatic heterocycles. The van der Waals surface area contributed by atoms with Gasteiger partial charge in [0.2, 0.25) is 10.0 Å². The van der Waals surface area contributed by atoms with E-state index in [9.17, 15) is 8.42 Å². The van der Waals surface area contributed by atoms with Gasteiger partial charge >= 0.3 is 0 Å². The van der Waals surface area contributed by atoms with E-state index in [1.807, 2.05) is 49.4 Å². The van der Waals surface area contributed by atoms with Crippen molar-refractivity contribution in [2.45, 2.75) is 24.3 Å². The number of pyridine rings is 1. The molecule has 0 bridgehead atoms. The van der Waals surface area contributed by atoms with Gasteiger partial charge < -0.3 is 4.98 Å². The van der Waals surface area contributed by atoms with Gasteiger partial charge in [0, 0.05) is 35.5 Å². The third-order valence-corrected chi connectivity index (χ3v) is 7.50. The molecule has 1 aliphatic heterocycles. The van der Waals surface area contributed by atoms with Crippen molar-refractivity contribution in [3.63, 3.8) is 0 Å². The summed E-state index contributed by atoms with van der Waals surface area (Å²) in [5, 5.41) is 1.16. The van der Waals surface area contributed by atoms with Crippen molar-refractivity contribution in [3.8, 4) is 0 Å². The van der Waals surface area contributed by atoms with Crippen LogP contribution in [-0.2, 0) is 16.4 Å². The molecule has 0 amide bonds. The Morgan fingerprint density at radius 2 is 1.83 bits per heavy atom. The molecule has 0 radical (unpaired) electrons. The first-order valence-corrected chi connectivity index (χ1v) is 11.1. The third kappa shape index (κ3) is 2.96. The van der Waals surface area contributed by atoms with Crippen LogP contribution in [-0.4, -0.2) is 29.2 Å². The number of fused-ring (bicyclic) bond motifs is 3. The van der Waals surface area contributed by atoms with E-state index < -0.39 is 16.1 Å². The van der Waals surface area contributed by atoms with E-state index in [0.717, 1.165) is 27.7 Å². The number of benzene rings is 2. The first-order chi connectivity index (χ1) is 14.1. The van der Waals surface area contributed by atoms with Gasteiger partial charge in [0.15, 0.2) is 0 Å². The van der Waals surface area contributed by atoms with Crippen LogP contribution in [0.3, 0.4) is 0 Å². The Kier molecular flexibility index (Phi) is 4.26. The Hall–Kier alpha value is -2.96. The summed E-state index contributed by atoms with van der Waals surface area (Å²) < 4.78 is 28.8. The molecule has 6 heteroatoms. The molecule has 5 rings (SSSR count). The van der Waals surface area contributed by atoms with Crippen LogP contribution < -0.4 is 0 Å². The molecule has 1 aliphatic rings. The van der Waals surface area contributed by atoms with Crippen molar-refractivity contribution in [1.82, 2.24) is 14.3 Å². The van der Waals surface area contributed by atoms with E-state index in [1.165, 1.54) is 5.56 Å². The van der Waals surface area contributed by atoms with E-state index in [0.29, 0.717) is 17.9 Å². The minimum absolute atomic E-state index is 0.316. The molecular formula is C23H21N3O2S. The van der Waals surface area contributed by atoms with E-state index >= 15 is 0 Å². The van der Waals surface area contributed by atoms with Crippen molar-refractivity contribution in [2.75, 3.05) is 6.54 Å². The quantitative estimate of drug-likeness (QED) is 0.557. The second-order valence-electron chi connectivity index (χ2n) is 7.43. The normalized spacial score (nSPS) is 17.3. The van der Waals surface area contributed by atoms with Crippen LogP contribution in [0.15, 0.2) is 78.0 Å². The topological polar surface area (TPSA) is 66.1 Å². The molecule has 2 aromatic carbocycles. The lowest BCUT2D eigenvalue weighted by atomic mass is 9.95. The molecule has 1 atom stereocenters. The monoisotopic (exact) mass is 403 g/mol. The Bertz CT molecular complexity index is 1280. The number of hydrogen-bond donors (Lipinski definition) is 1. The number of H-pyrrole nitrogens is 1. The average Bonchev–Trinajstić information content (AvgIpc) is 3.13. The number of nitrogens with zero attached hydrogens (tertiary/aromatic N) is 2. The maximum absolute atomic E-state index is 13.6. The number of nitrogens with one attached hydrogen (secondary N) is 1. The van der Waals surface area contributed by atoms with E-state index in [2.05, 4.69) is 16.0 Å². The van der Waals surface area contributed by atoms with Gasteiger partial charge in [-0.05, 0) is 48.7 Å². The predicted molar refractivity (Wildman–Crippen MR) is 113 cm³/mol. The van der Waals surface area contributed by atoms with E-state index in [-0.39, 0.29) is 0 Å². The lowest BCUT2D eigenvalue weighted by Gasteiger charge is -2.35. The van der Waals surface area contributed by atoms with Crippen LogP contribution in [0, 0.1) is 6.92 Å². The molecule has 0 saturated carbocycles. The highest BCUT2D eigenvalue weighted by Crippen LogP contribution is 2.40. The summed E-state index contributed by atoms with van der Waals surface area (Å²) in [4.78, 5) is 8.06. The number of aromatic amines is 1. The predicted octanol–water partition coefficient (Wildman–Crippen LogP) is 4.21. The van der Waals surface area contributed by atoms with Gasteiger partial charge in [-0.25, -0.2) is 8.42 Å². The SMILES string of the molecule is Cc1ccc(S(=O)(=O)N2CCc3c([nH]c4ccccc34)[C@@H]2c2cccnc2)cc1. The summed E-state index contributed by atoms with van der Waals surface area (Å²) in [7, 11) is -3.67. The summed E-state index contributed by atoms with van der Waals surface area (Å²) >= 11 is 0. The number of para-hydroxylation sites is 1. The number of sulfonamides is 1. The lowest BCUT2D eigenvalue weighted by Crippen LogP contribution is -2.40. The fourth-order valence-electron chi connectivity index (χ4n) is 4.19. The van der Waals surface area contributed by atoms with Gasteiger partial charge in [-0.3, -0.25) is 4.98 Å². The first-order valence-electron chi connectivity index (χ1n) is 9.63. The molecule has 0 saturated heterocycles. The summed E-state index contributed by atoms with van der Waals surface area (Å²) in [6.07, 6.45) is 4.13. The number of rotatable bonds is 3. The number of aromatic nitrogens is 2. The van der Waals surface area contributed by atoms with Crippen molar-refractivity contribution >= 4 is 20.9 Å². The zero-order valence-corrected chi connectivity index (χ0v) is 16.9. The average molecular weight is 404 g/mol. The van der Waals surface area contributed by atoms with Crippen LogP contribution in [0.4, 0.5) is 0 Å². The molecule has 0 spiro atoms. The van der Waals surface area contributed by atoms with Crippen LogP contribution >= 0.6 is 0 Å². The molecular weight excluding hydrogens is 382 g/mol. The van der Waals surface area contributed by atoms with Crippen molar-refractivity contribution < 1.29 is 8.42 Å². The zero-order valence-electron chi connectivity index (χ0n) is 16.0. The fourth-order valence-corrected chi connectivity index (χ4v) is 5.78. The molecule has 146 valence electrons. The molecule has 0 fully saturated rings. The zero-order chi connectivity index (χ0) is 20.0. The van der Waals surface area contributed by atoms with Gasteiger partial charge in [0.25, 0.3) is 0 Å². The largest absolute Gasteiger partial charge is 0.357 e. The second kappa shape index (κ2) is 6.83. The smallest absolute Gasteiger partial charge is 0.244 e. The van der Waals surface area contributed by atoms with Crippen LogP contribution in [0.25, 0.3) is 10.9 Å². The molecule has 0 aliphatic carbocycles. The summed E-state index contributed by atoms with van der Waals surface area (Å²) in [6, 6.07) is 18.5. The summed E-state index contributed by atoms with van der Waals surface area (Å²) in [6.45, 7) is 2.37. The van der Waals surface area contributed by atoms with Gasteiger partial charge in [-0.15, -0.1) is 0 Å². The highest BCUT2D eigenvalue weighted by Gasteiger charge is 2.39. The molecule has 4 aromatic rings. The highest BCUT2D eigenvalue weighted by atomic mass is 32.2. The molecule has 5 nitrogen and oxygen atoms in total. The number of aryl methyl sites for hydroxylation is 1. The van der Waals surface area contributed by atoms with Gasteiger partial charge in [0.05, 0.1) is 10.9 Å². The molecule has 29 heavy (non-hydrogen) atoms. The maximum Gasteiger partial charge on any atom is 0.244 e. The van der Waals surface area contributed by atoms with E-state index in [1.54, 1.807) is 28.8 Å². The summed E-state index contributed by atoms with van der Waals surface area (Å²) in [5.41, 5.74) is 5.03. The van der Waals surface area contributed by atoms with Gasteiger partial charge in [-0.2, -0.15) is 4.31 Å². The van der Waals surface area contributed by atoms with Crippen LogP contribution in [0.2, 0.25) is 0 Å². The standard InChI is InChI=1S/C23H21N3O2S/c1-16-8-10-18(11-9-16)29(27,28)26-14-12-20-19-6-2-3-7-21(19)25-22(20)23(26)17-5-4-13-24-15-17/h2-11,13,15,23,25H,12,14H2,1H3/t23-/m0/s1. The third-order valence-electron chi connectivity index (χ3n) is 5.62. The fraction of sp³-hybridized carbons (Fsp3) is 0.174. The van der Waals surface area contributed by atoms with Crippen molar-refractivity contribution in [2.24, 2.45) is 0 Å². The Labute approximate surface area is 170 Å². The van der Waals surface area contributed by atoms with Crippen molar-refractivity contribution in [3.05, 3.63) is 95.4 Å². The minimum atomic E-state index is -3.67. The van der Waals surface area contributed by atoms with Crippen molar-refractivity contribution in [1.29, 1.82) is 0 Å². The molecule has 3 heterocycles. The maximum atomic E-state index is 13.6. The molecule has 0 unspecified atom stereocenters. The Balaban J connectivity index is 1.70.